The van der Waals surface area contributed by atoms with Crippen LogP contribution in [-0.4, -0.2) is 10.9 Å². The summed E-state index contributed by atoms with van der Waals surface area (Å²) < 4.78 is 0. The van der Waals surface area contributed by atoms with Crippen molar-refractivity contribution in [1.29, 1.82) is 0 Å². The van der Waals surface area contributed by atoms with Crippen molar-refractivity contribution in [2.45, 2.75) is 13.5 Å². The first-order valence-electron chi connectivity index (χ1n) is 6.70. The zero-order valence-electron chi connectivity index (χ0n) is 11.9. The summed E-state index contributed by atoms with van der Waals surface area (Å²) in [6.45, 7) is 2.17. The molecule has 22 heavy (non-hydrogen) atoms. The number of amides is 1. The van der Waals surface area contributed by atoms with Crippen LogP contribution in [0.4, 0.5) is 0 Å². The lowest BCUT2D eigenvalue weighted by Crippen LogP contribution is -2.23. The summed E-state index contributed by atoms with van der Waals surface area (Å²) in [5.41, 5.74) is 5.24. The van der Waals surface area contributed by atoms with E-state index in [1.807, 2.05) is 54.1 Å². The Hall–Kier alpha value is -2.02. The van der Waals surface area contributed by atoms with Gasteiger partial charge in [-0.25, -0.2) is 10.5 Å². The molecule has 1 aromatic carbocycles. The number of aryl methyl sites for hydroxylation is 1. The van der Waals surface area contributed by atoms with Crippen LogP contribution in [0.15, 0.2) is 47.2 Å². The van der Waals surface area contributed by atoms with Crippen LogP contribution in [0.2, 0.25) is 0 Å². The second kappa shape index (κ2) is 6.83. The van der Waals surface area contributed by atoms with Crippen molar-refractivity contribution in [2.24, 2.45) is 0 Å². The molecule has 0 atom stereocenters. The summed E-state index contributed by atoms with van der Waals surface area (Å²) in [5, 5.41) is 4.87. The zero-order valence-corrected chi connectivity index (χ0v) is 13.5. The van der Waals surface area contributed by atoms with Gasteiger partial charge in [0.2, 0.25) is 0 Å². The molecule has 0 aliphatic carbocycles. The summed E-state index contributed by atoms with van der Waals surface area (Å²) in [4.78, 5) is 22.5. The van der Waals surface area contributed by atoms with E-state index < -0.39 is 0 Å². The Bertz CT molecular complexity index is 752. The average Bonchev–Trinajstić information content (AvgIpc) is 3.17. The minimum Gasteiger partial charge on any atom is -0.269 e. The first-order valence-corrected chi connectivity index (χ1v) is 8.46. The number of carbonyl (C=O) groups excluding carboxylic acids is 1. The predicted molar refractivity (Wildman–Crippen MR) is 88.9 cm³/mol. The second-order valence-electron chi connectivity index (χ2n) is 4.65. The van der Waals surface area contributed by atoms with E-state index in [-0.39, 0.29) is 5.91 Å². The summed E-state index contributed by atoms with van der Waals surface area (Å²) in [6.07, 6.45) is 0. The van der Waals surface area contributed by atoms with Crippen molar-refractivity contribution in [1.82, 2.24) is 10.5 Å². The van der Waals surface area contributed by atoms with Gasteiger partial charge in [0, 0.05) is 10.9 Å². The molecule has 112 valence electrons. The van der Waals surface area contributed by atoms with Crippen LogP contribution in [0.25, 0.3) is 10.6 Å². The third-order valence-corrected chi connectivity index (χ3v) is 4.91. The minimum atomic E-state index is -0.257. The van der Waals surface area contributed by atoms with E-state index in [0.29, 0.717) is 17.2 Å². The predicted octanol–water partition coefficient (Wildman–Crippen LogP) is 4.04. The standard InChI is InChI=1S/C16H14N2O2S2/c1-11-14(22-16(17-11)13-7-8-21-10-13)15(19)18-20-9-12-5-3-2-4-6-12/h2-8,10H,9H2,1H3,(H,18,19). The summed E-state index contributed by atoms with van der Waals surface area (Å²) in [5.74, 6) is -0.257. The Morgan fingerprint density at radius 3 is 2.82 bits per heavy atom. The largest absolute Gasteiger partial charge is 0.286 e. The molecule has 0 fully saturated rings. The van der Waals surface area contributed by atoms with Gasteiger partial charge in [-0.05, 0) is 23.9 Å². The van der Waals surface area contributed by atoms with Crippen LogP contribution in [0, 0.1) is 6.92 Å². The van der Waals surface area contributed by atoms with E-state index in [0.717, 1.165) is 16.1 Å². The number of hydrogen-bond donors (Lipinski definition) is 1. The molecule has 2 heterocycles. The van der Waals surface area contributed by atoms with Gasteiger partial charge in [-0.2, -0.15) is 11.3 Å². The van der Waals surface area contributed by atoms with Crippen LogP contribution < -0.4 is 5.48 Å². The van der Waals surface area contributed by atoms with Crippen molar-refractivity contribution in [3.8, 4) is 10.6 Å². The molecule has 0 spiro atoms. The van der Waals surface area contributed by atoms with Gasteiger partial charge in [-0.1, -0.05) is 30.3 Å². The van der Waals surface area contributed by atoms with Crippen LogP contribution in [0.5, 0.6) is 0 Å². The van der Waals surface area contributed by atoms with Gasteiger partial charge >= 0.3 is 0 Å². The topological polar surface area (TPSA) is 51.2 Å². The van der Waals surface area contributed by atoms with Crippen molar-refractivity contribution in [3.05, 3.63) is 63.3 Å². The molecular formula is C16H14N2O2S2. The number of rotatable bonds is 5. The molecule has 4 nitrogen and oxygen atoms in total. The smallest absolute Gasteiger partial charge is 0.269 e. The van der Waals surface area contributed by atoms with Gasteiger partial charge in [0.05, 0.1) is 12.3 Å². The molecule has 0 aliphatic heterocycles. The maximum Gasteiger partial charge on any atom is 0.286 e. The quantitative estimate of drug-likeness (QED) is 0.718. The Labute approximate surface area is 136 Å². The third kappa shape index (κ3) is 3.41. The number of benzene rings is 1. The number of hydrogen-bond acceptors (Lipinski definition) is 5. The Morgan fingerprint density at radius 2 is 2.09 bits per heavy atom. The van der Waals surface area contributed by atoms with Crippen molar-refractivity contribution in [3.63, 3.8) is 0 Å². The van der Waals surface area contributed by atoms with E-state index in [4.69, 9.17) is 4.84 Å². The van der Waals surface area contributed by atoms with Gasteiger partial charge in [0.25, 0.3) is 5.91 Å². The molecule has 0 bridgehead atoms. The van der Waals surface area contributed by atoms with Gasteiger partial charge in [0.15, 0.2) is 0 Å². The van der Waals surface area contributed by atoms with E-state index in [9.17, 15) is 4.79 Å². The normalized spacial score (nSPS) is 10.6. The van der Waals surface area contributed by atoms with Crippen LogP contribution in [-0.2, 0) is 11.4 Å². The molecule has 0 radical (unpaired) electrons. The second-order valence-corrected chi connectivity index (χ2v) is 6.43. The van der Waals surface area contributed by atoms with Gasteiger partial charge < -0.3 is 0 Å². The molecule has 2 aromatic heterocycles. The lowest BCUT2D eigenvalue weighted by molar-refractivity contribution is 0.0236. The van der Waals surface area contributed by atoms with Gasteiger partial charge in [-0.15, -0.1) is 11.3 Å². The molecule has 1 N–H and O–H groups in total. The molecule has 3 aromatic rings. The van der Waals surface area contributed by atoms with E-state index >= 15 is 0 Å². The lowest BCUT2D eigenvalue weighted by atomic mass is 10.2. The fraction of sp³-hybridized carbons (Fsp3) is 0.125. The highest BCUT2D eigenvalue weighted by Crippen LogP contribution is 2.29. The highest BCUT2D eigenvalue weighted by atomic mass is 32.1. The van der Waals surface area contributed by atoms with E-state index in [2.05, 4.69) is 10.5 Å². The van der Waals surface area contributed by atoms with Crippen LogP contribution in [0.3, 0.4) is 0 Å². The number of aromatic nitrogens is 1. The summed E-state index contributed by atoms with van der Waals surface area (Å²) >= 11 is 2.99. The number of nitrogens with zero attached hydrogens (tertiary/aromatic N) is 1. The molecule has 3 rings (SSSR count). The molecule has 0 aliphatic rings. The molecular weight excluding hydrogens is 316 g/mol. The van der Waals surface area contributed by atoms with Crippen molar-refractivity contribution in [2.75, 3.05) is 0 Å². The van der Waals surface area contributed by atoms with E-state index in [1.54, 1.807) is 11.3 Å². The number of thiazole rings is 1. The van der Waals surface area contributed by atoms with E-state index in [1.165, 1.54) is 11.3 Å². The van der Waals surface area contributed by atoms with Crippen LogP contribution in [0.1, 0.15) is 20.9 Å². The van der Waals surface area contributed by atoms with Gasteiger partial charge in [0.1, 0.15) is 9.88 Å². The Morgan fingerprint density at radius 1 is 1.27 bits per heavy atom. The highest BCUT2D eigenvalue weighted by molar-refractivity contribution is 7.17. The number of hydroxylamine groups is 1. The fourth-order valence-electron chi connectivity index (χ4n) is 1.92. The Balaban J connectivity index is 1.63. The maximum absolute atomic E-state index is 12.2. The molecule has 0 unspecified atom stereocenters. The number of carbonyl (C=O) groups is 1. The van der Waals surface area contributed by atoms with Gasteiger partial charge in [-0.3, -0.25) is 9.63 Å². The molecule has 1 amide bonds. The number of thiophene rings is 1. The fourth-order valence-corrected chi connectivity index (χ4v) is 3.59. The zero-order chi connectivity index (χ0) is 15.4. The van der Waals surface area contributed by atoms with Crippen LogP contribution >= 0.6 is 22.7 Å². The minimum absolute atomic E-state index is 0.257. The summed E-state index contributed by atoms with van der Waals surface area (Å²) in [7, 11) is 0. The molecule has 0 saturated carbocycles. The maximum atomic E-state index is 12.2. The molecule has 6 heteroatoms. The first kappa shape index (κ1) is 14.9. The molecule has 0 saturated heterocycles. The Kier molecular flexibility index (Phi) is 4.62. The SMILES string of the molecule is Cc1nc(-c2ccsc2)sc1C(=O)NOCc1ccccc1. The van der Waals surface area contributed by atoms with Crippen molar-refractivity contribution < 1.29 is 9.63 Å². The van der Waals surface area contributed by atoms with Crippen molar-refractivity contribution >= 4 is 28.6 Å². The number of nitrogens with one attached hydrogen (secondary N) is 1. The third-order valence-electron chi connectivity index (χ3n) is 3.02. The lowest BCUT2D eigenvalue weighted by Gasteiger charge is -2.04. The first-order chi connectivity index (χ1) is 10.7. The summed E-state index contributed by atoms with van der Waals surface area (Å²) in [6, 6.07) is 11.7. The average molecular weight is 330 g/mol. The highest BCUT2D eigenvalue weighted by Gasteiger charge is 2.16. The monoisotopic (exact) mass is 330 g/mol.